The zero-order valence-corrected chi connectivity index (χ0v) is 16.9. The number of fused-ring (bicyclic) bond motifs is 1. The lowest BCUT2D eigenvalue weighted by molar-refractivity contribution is 0.0693. The van der Waals surface area contributed by atoms with Crippen molar-refractivity contribution < 1.29 is 22.5 Å². The van der Waals surface area contributed by atoms with Crippen LogP contribution in [0.2, 0.25) is 0 Å². The fourth-order valence-electron chi connectivity index (χ4n) is 4.41. The summed E-state index contributed by atoms with van der Waals surface area (Å²) < 4.78 is 45.8. The van der Waals surface area contributed by atoms with Gasteiger partial charge in [0.05, 0.1) is 11.2 Å². The van der Waals surface area contributed by atoms with Crippen molar-refractivity contribution in [2.24, 2.45) is 11.1 Å². The van der Waals surface area contributed by atoms with E-state index in [0.717, 1.165) is 25.3 Å². The van der Waals surface area contributed by atoms with Gasteiger partial charge in [0.1, 0.15) is 11.4 Å². The number of carbonyl (C=O) groups is 1. The van der Waals surface area contributed by atoms with E-state index in [2.05, 4.69) is 11.6 Å². The third-order valence-corrected chi connectivity index (χ3v) is 6.39. The average Bonchev–Trinajstić information content (AvgIpc) is 3.49. The Morgan fingerprint density at radius 2 is 2.03 bits per heavy atom. The Morgan fingerprint density at radius 1 is 1.37 bits per heavy atom. The van der Waals surface area contributed by atoms with Crippen molar-refractivity contribution in [2.75, 3.05) is 24.5 Å². The molecule has 2 heterocycles. The van der Waals surface area contributed by atoms with Gasteiger partial charge in [-0.2, -0.15) is 0 Å². The summed E-state index contributed by atoms with van der Waals surface area (Å²) in [5.41, 5.74) is 6.04. The molecule has 0 amide bonds. The minimum absolute atomic E-state index is 0.00882. The molecule has 0 unspecified atom stereocenters. The number of benzene rings is 1. The van der Waals surface area contributed by atoms with Crippen molar-refractivity contribution in [3.05, 3.63) is 39.4 Å². The van der Waals surface area contributed by atoms with Crippen LogP contribution in [0.5, 0.6) is 0 Å². The number of anilines is 1. The lowest BCUT2D eigenvalue weighted by Crippen LogP contribution is -2.60. The molecule has 2 N–H and O–H groups in total. The molecule has 1 aliphatic heterocycles. The largest absolute Gasteiger partial charge is 0.798 e. The zero-order valence-electron chi connectivity index (χ0n) is 16.9. The van der Waals surface area contributed by atoms with Crippen molar-refractivity contribution in [3.63, 3.8) is 0 Å². The number of aromatic nitrogens is 1. The monoisotopic (exact) mass is 421 g/mol. The summed E-state index contributed by atoms with van der Waals surface area (Å²) in [5.74, 6) is -1.99. The molecule has 2 fully saturated rings. The number of hydrogen-bond donors (Lipinski definition) is 1. The molecule has 1 aliphatic carbocycles. The van der Waals surface area contributed by atoms with Crippen LogP contribution in [-0.2, 0) is 4.65 Å². The summed E-state index contributed by atoms with van der Waals surface area (Å²) in [7, 11) is -3.34. The van der Waals surface area contributed by atoms with Gasteiger partial charge in [-0.25, -0.2) is 17.8 Å². The minimum Gasteiger partial charge on any atom is -0.474 e. The molecule has 2 aliphatic rings. The summed E-state index contributed by atoms with van der Waals surface area (Å²) in [6.45, 7) is 5.55. The second-order valence-electron chi connectivity index (χ2n) is 8.32. The quantitative estimate of drug-likeness (QED) is 0.726. The Hall–Kier alpha value is -2.49. The Kier molecular flexibility index (Phi) is 5.08. The molecule has 2 aromatic rings. The molecule has 1 aromatic carbocycles. The first-order valence-electron chi connectivity index (χ1n) is 10.0. The smallest absolute Gasteiger partial charge is 0.474 e. The van der Waals surface area contributed by atoms with E-state index in [0.29, 0.717) is 36.4 Å². The number of pyridine rings is 1. The van der Waals surface area contributed by atoms with Crippen molar-refractivity contribution in [1.29, 1.82) is 0 Å². The van der Waals surface area contributed by atoms with Gasteiger partial charge in [-0.1, -0.05) is 6.92 Å². The van der Waals surface area contributed by atoms with E-state index in [1.54, 1.807) is 11.5 Å². The van der Waals surface area contributed by atoms with Gasteiger partial charge in [0.25, 0.3) is 0 Å². The number of carbonyl (C=O) groups excluding carboxylic acids is 1. The summed E-state index contributed by atoms with van der Waals surface area (Å²) in [6.07, 6.45) is 3.80. The fourth-order valence-corrected chi connectivity index (χ4v) is 4.41. The number of aryl methyl sites for hydroxylation is 1. The predicted molar refractivity (Wildman–Crippen MR) is 109 cm³/mol. The van der Waals surface area contributed by atoms with E-state index < -0.39 is 30.2 Å². The Morgan fingerprint density at radius 3 is 2.57 bits per heavy atom. The van der Waals surface area contributed by atoms with Crippen molar-refractivity contribution >= 4 is 30.0 Å². The molecule has 160 valence electrons. The van der Waals surface area contributed by atoms with E-state index in [1.807, 2.05) is 4.90 Å². The van der Waals surface area contributed by atoms with Crippen molar-refractivity contribution in [1.82, 2.24) is 4.57 Å². The molecule has 1 saturated heterocycles. The molecular weight excluding hydrogens is 398 g/mol. The van der Waals surface area contributed by atoms with Crippen LogP contribution >= 0.6 is 0 Å². The lowest BCUT2D eigenvalue weighted by Gasteiger charge is -2.51. The molecule has 0 atom stereocenters. The number of rotatable bonds is 6. The minimum atomic E-state index is -3.34. The highest BCUT2D eigenvalue weighted by Crippen LogP contribution is 2.43. The molecule has 0 radical (unpaired) electrons. The first-order chi connectivity index (χ1) is 14.2. The standard InChI is InChI=1S/C20H23BF3N3O3/c1-3-20(8-25)9-26(10-20)17-11(2)16-13(6-15(17)22)18(28)14(19(29)30-21(23)24)7-27(16)12-4-5-12/h6-7,12H,3-5,8-10,25H2,1-2H3. The molecule has 1 saturated carbocycles. The molecular formula is C20H23BF3N3O3. The van der Waals surface area contributed by atoms with Crippen LogP contribution in [-0.4, -0.2) is 37.6 Å². The number of hydrogen-bond acceptors (Lipinski definition) is 5. The molecule has 0 spiro atoms. The first-order valence-corrected chi connectivity index (χ1v) is 10.0. The molecule has 4 rings (SSSR count). The molecule has 10 heteroatoms. The van der Waals surface area contributed by atoms with E-state index in [9.17, 15) is 18.2 Å². The summed E-state index contributed by atoms with van der Waals surface area (Å²) in [6, 6.07) is 1.13. The third kappa shape index (κ3) is 3.27. The van der Waals surface area contributed by atoms with Crippen molar-refractivity contribution in [2.45, 2.75) is 39.2 Å². The van der Waals surface area contributed by atoms with Crippen LogP contribution < -0.4 is 16.1 Å². The second-order valence-corrected chi connectivity index (χ2v) is 8.32. The fraction of sp³-hybridized carbons (Fsp3) is 0.500. The van der Waals surface area contributed by atoms with Crippen LogP contribution in [0.15, 0.2) is 17.1 Å². The Bertz CT molecular complexity index is 1070. The number of nitrogens with two attached hydrogens (primary N) is 1. The van der Waals surface area contributed by atoms with E-state index in [-0.39, 0.29) is 16.8 Å². The molecule has 6 nitrogen and oxygen atoms in total. The molecule has 0 bridgehead atoms. The van der Waals surface area contributed by atoms with E-state index in [4.69, 9.17) is 5.73 Å². The highest BCUT2D eigenvalue weighted by atomic mass is 19.2. The normalized spacial score (nSPS) is 17.7. The van der Waals surface area contributed by atoms with E-state index >= 15 is 4.39 Å². The SMILES string of the molecule is CCC1(CN)CN(c2c(F)cc3c(=O)c(C(=O)OB(F)F)cn(C4CC4)c3c2C)C1. The predicted octanol–water partition coefficient (Wildman–Crippen LogP) is 3.04. The lowest BCUT2D eigenvalue weighted by atomic mass is 9.77. The van der Waals surface area contributed by atoms with Crippen LogP contribution in [0.4, 0.5) is 18.7 Å². The highest BCUT2D eigenvalue weighted by molar-refractivity contribution is 6.38. The van der Waals surface area contributed by atoms with E-state index in [1.165, 1.54) is 6.20 Å². The summed E-state index contributed by atoms with van der Waals surface area (Å²) >= 11 is 0. The number of halogens is 3. The van der Waals surface area contributed by atoms with Gasteiger partial charge in [-0.3, -0.25) is 4.79 Å². The van der Waals surface area contributed by atoms with Crippen LogP contribution in [0.3, 0.4) is 0 Å². The van der Waals surface area contributed by atoms with Crippen LogP contribution in [0.1, 0.15) is 48.1 Å². The average molecular weight is 421 g/mol. The number of nitrogens with zero attached hydrogens (tertiary/aromatic N) is 2. The van der Waals surface area contributed by atoms with Gasteiger partial charge < -0.3 is 19.9 Å². The van der Waals surface area contributed by atoms with Gasteiger partial charge in [0.15, 0.2) is 0 Å². The molecule has 1 aromatic heterocycles. The maximum absolute atomic E-state index is 15.1. The first kappa shape index (κ1) is 20.8. The Balaban J connectivity index is 1.87. The topological polar surface area (TPSA) is 77.6 Å². The zero-order chi connectivity index (χ0) is 21.8. The van der Waals surface area contributed by atoms with Gasteiger partial charge in [0.2, 0.25) is 5.43 Å². The maximum atomic E-state index is 15.1. The third-order valence-electron chi connectivity index (χ3n) is 6.39. The van der Waals surface area contributed by atoms with Crippen molar-refractivity contribution in [3.8, 4) is 0 Å². The highest BCUT2D eigenvalue weighted by Gasteiger charge is 2.42. The van der Waals surface area contributed by atoms with Gasteiger partial charge in [0, 0.05) is 42.7 Å². The summed E-state index contributed by atoms with van der Waals surface area (Å²) in [5, 5.41) is -0.00882. The maximum Gasteiger partial charge on any atom is 0.798 e. The molecule has 30 heavy (non-hydrogen) atoms. The second kappa shape index (κ2) is 7.33. The van der Waals surface area contributed by atoms with Gasteiger partial charge >= 0.3 is 13.4 Å². The van der Waals surface area contributed by atoms with Gasteiger partial charge in [-0.05, 0) is 37.8 Å². The Labute approximate surface area is 172 Å². The summed E-state index contributed by atoms with van der Waals surface area (Å²) in [4.78, 5) is 26.8. The van der Waals surface area contributed by atoms with Crippen LogP contribution in [0, 0.1) is 18.2 Å². The van der Waals surface area contributed by atoms with Crippen LogP contribution in [0.25, 0.3) is 10.9 Å². The van der Waals surface area contributed by atoms with Gasteiger partial charge in [-0.15, -0.1) is 0 Å².